The molecular weight excluding hydrogens is 791 g/mol. The second kappa shape index (κ2) is 14.0. The molecule has 0 aliphatic carbocycles. The summed E-state index contributed by atoms with van der Waals surface area (Å²) in [7, 11) is 0. The van der Waals surface area contributed by atoms with Crippen molar-refractivity contribution in [2.45, 2.75) is 37.0 Å². The number of hydrogen-bond donors (Lipinski definition) is 0. The Morgan fingerprint density at radius 3 is 2.16 bits per heavy atom. The van der Waals surface area contributed by atoms with Gasteiger partial charge >= 0.3 is 119 Å². The van der Waals surface area contributed by atoms with E-state index in [0.29, 0.717) is 11.6 Å². The number of benzene rings is 3. The Kier molecular flexibility index (Phi) is 10.1. The Labute approximate surface area is 281 Å². The Bertz CT molecular complexity index is 2020. The Hall–Kier alpha value is -3.90. The summed E-state index contributed by atoms with van der Waals surface area (Å²) in [5, 5.41) is 2.03. The maximum Gasteiger partial charge on any atom is 0.216 e. The molecule has 0 aliphatic heterocycles. The van der Waals surface area contributed by atoms with Crippen LogP contribution in [0.1, 0.15) is 25.3 Å². The number of hydrogen-bond acceptors (Lipinski definition) is 4. The molecule has 0 unspecified atom stereocenters. The smallest absolute Gasteiger partial charge is 0.216 e. The van der Waals surface area contributed by atoms with Crippen LogP contribution in [0.15, 0.2) is 120 Å². The van der Waals surface area contributed by atoms with Crippen LogP contribution in [-0.2, 0) is 20.1 Å². The van der Waals surface area contributed by atoms with Crippen molar-refractivity contribution in [3.8, 4) is 33.6 Å². The fourth-order valence-corrected chi connectivity index (χ4v) is 8.91. The van der Waals surface area contributed by atoms with Crippen LogP contribution in [-0.4, -0.2) is 28.2 Å². The van der Waals surface area contributed by atoms with Crippen molar-refractivity contribution in [1.82, 2.24) is 15.0 Å². The zero-order valence-electron chi connectivity index (χ0n) is 26.1. The van der Waals surface area contributed by atoms with Crippen LogP contribution < -0.4 is 4.40 Å². The van der Waals surface area contributed by atoms with Gasteiger partial charge in [0, 0.05) is 43.4 Å². The summed E-state index contributed by atoms with van der Waals surface area (Å²) in [6.45, 7) is 4.54. The first-order chi connectivity index (χ1) is 21.3. The van der Waals surface area contributed by atoms with Crippen LogP contribution in [0.25, 0.3) is 55.7 Å². The normalized spacial score (nSPS) is 11.2. The number of pyridine rings is 3. The molecule has 0 atom stereocenters. The standard InChI is InChI=1S/C22H13N2O.C17H22GeN.Ir/c1-2-7-15(8-3-1)16-13-19-17-9-6-10-18(20-11-4-5-12-23-20)21(17)25-22(19)24-14-16;1-13(2)15-11-17(14-9-7-6-8-10-14)19-12-16(15)18(3,4)5;/h1-9,11-14H;6-9,11-13H,1-5H3;/q2*-1;. The molecule has 3 aromatic carbocycles. The maximum absolute atomic E-state index is 6.05. The van der Waals surface area contributed by atoms with Gasteiger partial charge < -0.3 is 9.40 Å². The summed E-state index contributed by atoms with van der Waals surface area (Å²) < 4.78 is 7.57. The maximum atomic E-state index is 6.05. The number of aromatic nitrogens is 3. The van der Waals surface area contributed by atoms with Crippen LogP contribution in [0, 0.1) is 12.1 Å². The number of nitrogens with zero attached hydrogens (tertiary/aromatic N) is 3. The van der Waals surface area contributed by atoms with Crippen LogP contribution in [0.2, 0.25) is 17.3 Å². The fourth-order valence-electron chi connectivity index (χ4n) is 5.39. The van der Waals surface area contributed by atoms with Gasteiger partial charge in [-0.3, -0.25) is 0 Å². The van der Waals surface area contributed by atoms with Gasteiger partial charge in [-0.25, -0.2) is 4.98 Å². The second-order valence-corrected chi connectivity index (χ2v) is 22.8. The summed E-state index contributed by atoms with van der Waals surface area (Å²) in [6, 6.07) is 38.9. The number of rotatable bonds is 5. The molecule has 4 nitrogen and oxygen atoms in total. The molecule has 7 aromatic rings. The molecule has 0 bridgehead atoms. The second-order valence-electron chi connectivity index (χ2n) is 12.2. The van der Waals surface area contributed by atoms with E-state index in [2.05, 4.69) is 94.7 Å². The van der Waals surface area contributed by atoms with Gasteiger partial charge in [0.05, 0.1) is 5.58 Å². The van der Waals surface area contributed by atoms with E-state index in [4.69, 9.17) is 4.42 Å². The summed E-state index contributed by atoms with van der Waals surface area (Å²) in [5.74, 6) is 7.83. The molecule has 1 radical (unpaired) electrons. The first kappa shape index (κ1) is 32.5. The van der Waals surface area contributed by atoms with Crippen LogP contribution in [0.5, 0.6) is 0 Å². The third-order valence-corrected chi connectivity index (χ3v) is 11.9. The molecule has 0 saturated heterocycles. The van der Waals surface area contributed by atoms with E-state index >= 15 is 0 Å². The van der Waals surface area contributed by atoms with Crippen molar-refractivity contribution in [2.75, 3.05) is 0 Å². The molecule has 45 heavy (non-hydrogen) atoms. The van der Waals surface area contributed by atoms with E-state index in [0.717, 1.165) is 50.0 Å². The third kappa shape index (κ3) is 7.17. The van der Waals surface area contributed by atoms with Gasteiger partial charge in [-0.2, -0.15) is 0 Å². The molecule has 227 valence electrons. The van der Waals surface area contributed by atoms with Gasteiger partial charge in [0.1, 0.15) is 0 Å². The van der Waals surface area contributed by atoms with Crippen LogP contribution in [0.3, 0.4) is 0 Å². The molecule has 0 spiro atoms. The average molecular weight is 827 g/mol. The van der Waals surface area contributed by atoms with Crippen molar-refractivity contribution < 1.29 is 24.5 Å². The Balaban J connectivity index is 0.000000181. The zero-order valence-corrected chi connectivity index (χ0v) is 30.6. The van der Waals surface area contributed by atoms with E-state index in [1.54, 1.807) is 6.20 Å². The molecule has 0 aliphatic rings. The van der Waals surface area contributed by atoms with E-state index < -0.39 is 13.3 Å². The van der Waals surface area contributed by atoms with Crippen LogP contribution in [0.4, 0.5) is 0 Å². The van der Waals surface area contributed by atoms with Gasteiger partial charge in [0.25, 0.3) is 0 Å². The van der Waals surface area contributed by atoms with E-state index in [-0.39, 0.29) is 20.1 Å². The van der Waals surface area contributed by atoms with Crippen molar-refractivity contribution in [2.24, 2.45) is 0 Å². The summed E-state index contributed by atoms with van der Waals surface area (Å²) in [5.41, 5.74) is 8.90. The van der Waals surface area contributed by atoms with E-state index in [1.807, 2.05) is 72.9 Å². The molecule has 4 aromatic heterocycles. The van der Waals surface area contributed by atoms with E-state index in [9.17, 15) is 0 Å². The minimum Gasteiger partial charge on any atom is -0.486 e. The summed E-state index contributed by atoms with van der Waals surface area (Å²) in [4.78, 5) is 13.6. The van der Waals surface area contributed by atoms with Gasteiger partial charge in [-0.1, -0.05) is 53.4 Å². The fraction of sp³-hybridized carbons (Fsp3) is 0.154. The van der Waals surface area contributed by atoms with Crippen LogP contribution >= 0.6 is 0 Å². The first-order valence-electron chi connectivity index (χ1n) is 15.0. The molecule has 7 rings (SSSR count). The monoisotopic (exact) mass is 828 g/mol. The van der Waals surface area contributed by atoms with Gasteiger partial charge in [0.15, 0.2) is 0 Å². The number of furan rings is 1. The van der Waals surface area contributed by atoms with Crippen molar-refractivity contribution in [3.63, 3.8) is 0 Å². The molecular formula is C39H35GeIrN3O-2. The Morgan fingerprint density at radius 2 is 1.47 bits per heavy atom. The molecule has 6 heteroatoms. The SMILES string of the molecule is CC(C)c1cc(-c2[c-]cccc2)nc[c]1[Ge]([CH3])([CH3])[CH3].[Ir].[c-]1ccc2c(oc3ncc(-c4ccccc4)cc32)c1-c1ccccn1. The third-order valence-electron chi connectivity index (χ3n) is 7.67. The molecule has 0 saturated carbocycles. The predicted molar refractivity (Wildman–Crippen MR) is 185 cm³/mol. The van der Waals surface area contributed by atoms with Crippen molar-refractivity contribution in [1.29, 1.82) is 0 Å². The molecule has 0 N–H and O–H groups in total. The predicted octanol–water partition coefficient (Wildman–Crippen LogP) is 9.73. The van der Waals surface area contributed by atoms with Gasteiger partial charge in [-0.05, 0) is 23.4 Å². The van der Waals surface area contributed by atoms with E-state index in [1.165, 1.54) is 9.96 Å². The van der Waals surface area contributed by atoms with Gasteiger partial charge in [0.2, 0.25) is 5.71 Å². The quantitative estimate of drug-likeness (QED) is 0.128. The minimum atomic E-state index is -1.85. The molecule has 0 fully saturated rings. The average Bonchev–Trinajstić information content (AvgIpc) is 3.44. The summed E-state index contributed by atoms with van der Waals surface area (Å²) in [6.07, 6.45) is 5.74. The molecule has 4 heterocycles. The Morgan fingerprint density at radius 1 is 0.689 bits per heavy atom. The van der Waals surface area contributed by atoms with Crippen molar-refractivity contribution in [3.05, 3.63) is 133 Å². The largest absolute Gasteiger partial charge is 0.486 e. The minimum absolute atomic E-state index is 0. The van der Waals surface area contributed by atoms with Gasteiger partial charge in [-0.15, -0.1) is 18.2 Å². The summed E-state index contributed by atoms with van der Waals surface area (Å²) >= 11 is -1.85. The van der Waals surface area contributed by atoms with Crippen molar-refractivity contribution >= 4 is 39.7 Å². The first-order valence-corrected chi connectivity index (χ1v) is 22.3. The number of fused-ring (bicyclic) bond motifs is 3. The molecule has 0 amide bonds. The zero-order chi connectivity index (χ0) is 30.7. The topological polar surface area (TPSA) is 51.8 Å².